The minimum absolute atomic E-state index is 0.0218. The van der Waals surface area contributed by atoms with Crippen LogP contribution in [0.5, 0.6) is 0 Å². The topological polar surface area (TPSA) is 119 Å². The Morgan fingerprint density at radius 1 is 1.09 bits per heavy atom. The molecule has 0 aliphatic carbocycles. The Hall–Kier alpha value is -2.82. The van der Waals surface area contributed by atoms with Crippen molar-refractivity contribution < 1.29 is 18.6 Å². The standard InChI is InChI=1S/C23H24N4O4S/c28-21-13-27(32(30,31)18-8-2-1-3-9-18)15-23(21,29)14-24-12-22-25-19-10-16-6-4-5-7-17(16)11-20(19)26-22/h1-11,21,24,28-29H,12-15H2,(H,25,26)/t21-,23+/m1/s1. The van der Waals surface area contributed by atoms with E-state index in [4.69, 9.17) is 0 Å². The van der Waals surface area contributed by atoms with Crippen molar-refractivity contribution >= 4 is 31.8 Å². The fraction of sp³-hybridized carbons (Fsp3) is 0.261. The highest BCUT2D eigenvalue weighted by Gasteiger charge is 2.48. The number of hydrogen-bond donors (Lipinski definition) is 4. The monoisotopic (exact) mass is 452 g/mol. The lowest BCUT2D eigenvalue weighted by molar-refractivity contribution is -0.0385. The zero-order chi connectivity index (χ0) is 22.3. The molecule has 0 unspecified atom stereocenters. The molecule has 4 N–H and O–H groups in total. The first-order valence-corrected chi connectivity index (χ1v) is 11.8. The number of H-pyrrole nitrogens is 1. The zero-order valence-electron chi connectivity index (χ0n) is 17.3. The molecule has 1 aliphatic rings. The largest absolute Gasteiger partial charge is 0.389 e. The predicted octanol–water partition coefficient (Wildman–Crippen LogP) is 1.60. The fourth-order valence-corrected chi connectivity index (χ4v) is 5.70. The van der Waals surface area contributed by atoms with E-state index >= 15 is 0 Å². The zero-order valence-corrected chi connectivity index (χ0v) is 18.1. The molecule has 9 heteroatoms. The number of nitrogens with zero attached hydrogens (tertiary/aromatic N) is 2. The summed E-state index contributed by atoms with van der Waals surface area (Å²) >= 11 is 0. The van der Waals surface area contributed by atoms with Crippen LogP contribution in [-0.2, 0) is 16.6 Å². The minimum Gasteiger partial charge on any atom is -0.389 e. The van der Waals surface area contributed by atoms with Gasteiger partial charge in [-0.15, -0.1) is 0 Å². The Balaban J connectivity index is 1.27. The minimum atomic E-state index is -3.79. The Morgan fingerprint density at radius 3 is 2.53 bits per heavy atom. The van der Waals surface area contributed by atoms with E-state index in [9.17, 15) is 18.6 Å². The van der Waals surface area contributed by atoms with Crippen molar-refractivity contribution in [3.63, 3.8) is 0 Å². The van der Waals surface area contributed by atoms with Crippen LogP contribution in [-0.4, -0.2) is 64.2 Å². The number of aliphatic hydroxyl groups is 2. The fourth-order valence-electron chi connectivity index (χ4n) is 4.17. The van der Waals surface area contributed by atoms with Crippen molar-refractivity contribution in [3.8, 4) is 0 Å². The van der Waals surface area contributed by atoms with E-state index in [1.54, 1.807) is 18.2 Å². The van der Waals surface area contributed by atoms with Crippen LogP contribution < -0.4 is 5.32 Å². The van der Waals surface area contributed by atoms with Gasteiger partial charge in [0.1, 0.15) is 11.4 Å². The first-order chi connectivity index (χ1) is 15.3. The number of fused-ring (bicyclic) bond motifs is 2. The van der Waals surface area contributed by atoms with Crippen molar-refractivity contribution in [2.24, 2.45) is 0 Å². The van der Waals surface area contributed by atoms with Crippen LogP contribution in [0.1, 0.15) is 5.82 Å². The van der Waals surface area contributed by atoms with Crippen LogP contribution in [0, 0.1) is 0 Å². The van der Waals surface area contributed by atoms with Crippen molar-refractivity contribution in [1.29, 1.82) is 0 Å². The Morgan fingerprint density at radius 2 is 1.78 bits per heavy atom. The molecule has 32 heavy (non-hydrogen) atoms. The van der Waals surface area contributed by atoms with Gasteiger partial charge in [-0.2, -0.15) is 4.31 Å². The SMILES string of the molecule is O=S(=O)(c1ccccc1)N1C[C@@H](O)[C@](O)(CNCc2nc3cc4ccccc4cc3[nH]2)C1. The number of benzene rings is 3. The second-order valence-corrected chi connectivity index (χ2v) is 10.2. The molecule has 2 heterocycles. The summed E-state index contributed by atoms with van der Waals surface area (Å²) in [5.74, 6) is 0.695. The van der Waals surface area contributed by atoms with Gasteiger partial charge < -0.3 is 20.5 Å². The van der Waals surface area contributed by atoms with Gasteiger partial charge in [-0.25, -0.2) is 13.4 Å². The van der Waals surface area contributed by atoms with Gasteiger partial charge in [0, 0.05) is 19.6 Å². The normalized spacial score (nSPS) is 22.1. The molecule has 1 saturated heterocycles. The van der Waals surface area contributed by atoms with Gasteiger partial charge in [0.15, 0.2) is 0 Å². The summed E-state index contributed by atoms with van der Waals surface area (Å²) in [6, 6.07) is 20.1. The first-order valence-electron chi connectivity index (χ1n) is 10.4. The summed E-state index contributed by atoms with van der Waals surface area (Å²) in [6.45, 7) is 0.00996. The second kappa shape index (κ2) is 7.95. The molecule has 0 radical (unpaired) electrons. The maximum atomic E-state index is 12.8. The summed E-state index contributed by atoms with van der Waals surface area (Å²) in [4.78, 5) is 8.00. The van der Waals surface area contributed by atoms with Crippen LogP contribution in [0.4, 0.5) is 0 Å². The maximum Gasteiger partial charge on any atom is 0.243 e. The molecule has 0 spiro atoms. The van der Waals surface area contributed by atoms with Gasteiger partial charge in [-0.1, -0.05) is 42.5 Å². The van der Waals surface area contributed by atoms with Crippen LogP contribution in [0.15, 0.2) is 71.6 Å². The van der Waals surface area contributed by atoms with E-state index < -0.39 is 21.7 Å². The summed E-state index contributed by atoms with van der Waals surface area (Å²) < 4.78 is 26.8. The van der Waals surface area contributed by atoms with Gasteiger partial charge in [0.25, 0.3) is 0 Å². The smallest absolute Gasteiger partial charge is 0.243 e. The lowest BCUT2D eigenvalue weighted by Gasteiger charge is -2.26. The molecule has 4 aromatic rings. The number of aromatic nitrogens is 2. The molecular weight excluding hydrogens is 428 g/mol. The molecule has 8 nitrogen and oxygen atoms in total. The van der Waals surface area contributed by atoms with Gasteiger partial charge >= 0.3 is 0 Å². The number of nitrogens with one attached hydrogen (secondary N) is 2. The van der Waals surface area contributed by atoms with E-state index in [1.165, 1.54) is 12.1 Å². The molecule has 2 atom stereocenters. The van der Waals surface area contributed by atoms with Gasteiger partial charge in [0.05, 0.1) is 28.6 Å². The van der Waals surface area contributed by atoms with Crippen LogP contribution in [0.2, 0.25) is 0 Å². The van der Waals surface area contributed by atoms with E-state index in [1.807, 2.05) is 36.4 Å². The van der Waals surface area contributed by atoms with Gasteiger partial charge in [-0.05, 0) is 35.0 Å². The van der Waals surface area contributed by atoms with Crippen LogP contribution in [0.3, 0.4) is 0 Å². The molecule has 1 fully saturated rings. The average Bonchev–Trinajstić information content (AvgIpc) is 3.32. The summed E-state index contributed by atoms with van der Waals surface area (Å²) in [5, 5.41) is 26.7. The number of aromatic amines is 1. The molecule has 0 bridgehead atoms. The molecule has 1 aliphatic heterocycles. The summed E-state index contributed by atoms with van der Waals surface area (Å²) in [5.41, 5.74) is 0.170. The quantitative estimate of drug-likeness (QED) is 0.353. The highest BCUT2D eigenvalue weighted by molar-refractivity contribution is 7.89. The number of imidazole rings is 1. The number of β-amino-alcohol motifs (C(OH)–C–C–N with tert-alkyl or cyclic N) is 2. The highest BCUT2D eigenvalue weighted by atomic mass is 32.2. The van der Waals surface area contributed by atoms with Crippen molar-refractivity contribution in [3.05, 3.63) is 72.6 Å². The number of aliphatic hydroxyl groups excluding tert-OH is 1. The van der Waals surface area contributed by atoms with Gasteiger partial charge in [0.2, 0.25) is 10.0 Å². The molecular formula is C23H24N4O4S. The Kier molecular flexibility index (Phi) is 5.23. The Labute approximate surface area is 185 Å². The lowest BCUT2D eigenvalue weighted by Crippen LogP contribution is -2.50. The average molecular weight is 453 g/mol. The maximum absolute atomic E-state index is 12.8. The summed E-state index contributed by atoms with van der Waals surface area (Å²) in [6.07, 6.45) is -1.20. The van der Waals surface area contributed by atoms with E-state index in [2.05, 4.69) is 15.3 Å². The molecule has 166 valence electrons. The number of sulfonamides is 1. The van der Waals surface area contributed by atoms with Crippen molar-refractivity contribution in [1.82, 2.24) is 19.6 Å². The third-order valence-corrected chi connectivity index (χ3v) is 7.78. The molecule has 5 rings (SSSR count). The number of rotatable bonds is 6. The molecule has 0 amide bonds. The molecule has 1 aromatic heterocycles. The van der Waals surface area contributed by atoms with Crippen LogP contribution >= 0.6 is 0 Å². The van der Waals surface area contributed by atoms with Crippen molar-refractivity contribution in [2.75, 3.05) is 19.6 Å². The molecule has 3 aromatic carbocycles. The third-order valence-electron chi connectivity index (χ3n) is 5.95. The van der Waals surface area contributed by atoms with Gasteiger partial charge in [-0.3, -0.25) is 0 Å². The molecule has 0 saturated carbocycles. The summed E-state index contributed by atoms with van der Waals surface area (Å²) in [7, 11) is -3.79. The third kappa shape index (κ3) is 3.78. The Bertz CT molecular complexity index is 1320. The highest BCUT2D eigenvalue weighted by Crippen LogP contribution is 2.27. The van der Waals surface area contributed by atoms with E-state index in [0.29, 0.717) is 12.4 Å². The lowest BCUT2D eigenvalue weighted by atomic mass is 10.0. The van der Waals surface area contributed by atoms with Crippen LogP contribution in [0.25, 0.3) is 21.8 Å². The van der Waals surface area contributed by atoms with E-state index in [-0.39, 0.29) is 24.5 Å². The van der Waals surface area contributed by atoms with E-state index in [0.717, 1.165) is 26.1 Å². The number of hydrogen-bond acceptors (Lipinski definition) is 6. The first kappa shape index (κ1) is 21.0. The predicted molar refractivity (Wildman–Crippen MR) is 121 cm³/mol. The van der Waals surface area contributed by atoms with Crippen molar-refractivity contribution in [2.45, 2.75) is 23.1 Å². The second-order valence-electron chi connectivity index (χ2n) is 8.23.